The van der Waals surface area contributed by atoms with Gasteiger partial charge in [0.2, 0.25) is 10.0 Å². The van der Waals surface area contributed by atoms with Crippen LogP contribution < -0.4 is 10.5 Å². The molecular formula is C14H26N4O2S. The van der Waals surface area contributed by atoms with Crippen molar-refractivity contribution in [2.75, 3.05) is 26.7 Å². The Labute approximate surface area is 127 Å². The summed E-state index contributed by atoms with van der Waals surface area (Å²) in [6.45, 7) is 4.99. The molecule has 21 heavy (non-hydrogen) atoms. The highest BCUT2D eigenvalue weighted by atomic mass is 32.2. The van der Waals surface area contributed by atoms with Gasteiger partial charge in [0.1, 0.15) is 0 Å². The maximum atomic E-state index is 12.4. The van der Waals surface area contributed by atoms with Gasteiger partial charge in [-0.25, -0.2) is 13.1 Å². The molecule has 3 N–H and O–H groups in total. The summed E-state index contributed by atoms with van der Waals surface area (Å²) in [5, 5.41) is 0. The number of nitrogens with one attached hydrogen (secondary N) is 1. The van der Waals surface area contributed by atoms with Gasteiger partial charge in [0.25, 0.3) is 0 Å². The third-order valence-corrected chi connectivity index (χ3v) is 5.85. The topological polar surface area (TPSA) is 80.4 Å². The Morgan fingerprint density at radius 1 is 1.33 bits per heavy atom. The molecule has 0 aliphatic carbocycles. The van der Waals surface area contributed by atoms with E-state index in [2.05, 4.69) is 23.6 Å². The molecule has 0 radical (unpaired) electrons. The highest BCUT2D eigenvalue weighted by Crippen LogP contribution is 2.30. The van der Waals surface area contributed by atoms with Crippen molar-refractivity contribution in [1.29, 1.82) is 0 Å². The largest absolute Gasteiger partial charge is 0.352 e. The summed E-state index contributed by atoms with van der Waals surface area (Å²) >= 11 is 0. The smallest absolute Gasteiger partial charge is 0.242 e. The van der Waals surface area contributed by atoms with Gasteiger partial charge in [-0.3, -0.25) is 0 Å². The van der Waals surface area contributed by atoms with Crippen molar-refractivity contribution < 1.29 is 8.42 Å². The quantitative estimate of drug-likeness (QED) is 0.829. The number of nitrogens with zero attached hydrogens (tertiary/aromatic N) is 2. The molecule has 1 aromatic rings. The molecule has 1 aliphatic rings. The second-order valence-corrected chi connectivity index (χ2v) is 8.19. The number of hydrogen-bond acceptors (Lipinski definition) is 4. The first-order valence-corrected chi connectivity index (χ1v) is 8.78. The first-order valence-electron chi connectivity index (χ1n) is 7.29. The Morgan fingerprint density at radius 3 is 2.48 bits per heavy atom. The molecule has 1 aliphatic heterocycles. The van der Waals surface area contributed by atoms with Gasteiger partial charge >= 0.3 is 0 Å². The van der Waals surface area contributed by atoms with E-state index in [0.717, 1.165) is 31.6 Å². The van der Waals surface area contributed by atoms with E-state index in [9.17, 15) is 8.42 Å². The van der Waals surface area contributed by atoms with Crippen molar-refractivity contribution in [1.82, 2.24) is 14.2 Å². The van der Waals surface area contributed by atoms with Crippen molar-refractivity contribution in [3.63, 3.8) is 0 Å². The average molecular weight is 314 g/mol. The van der Waals surface area contributed by atoms with Crippen LogP contribution in [0.2, 0.25) is 0 Å². The molecule has 0 atom stereocenters. The molecule has 0 spiro atoms. The molecule has 1 fully saturated rings. The second kappa shape index (κ2) is 6.08. The van der Waals surface area contributed by atoms with Crippen molar-refractivity contribution in [2.45, 2.75) is 31.2 Å². The molecule has 0 amide bonds. The van der Waals surface area contributed by atoms with Crippen molar-refractivity contribution in [3.05, 3.63) is 18.0 Å². The van der Waals surface area contributed by atoms with Crippen LogP contribution >= 0.6 is 0 Å². The normalized spacial score (nSPS) is 19.8. The van der Waals surface area contributed by atoms with Gasteiger partial charge in [-0.2, -0.15) is 0 Å². The highest BCUT2D eigenvalue weighted by Gasteiger charge is 2.30. The lowest BCUT2D eigenvalue weighted by molar-refractivity contribution is 0.143. The molecule has 0 unspecified atom stereocenters. The van der Waals surface area contributed by atoms with Gasteiger partial charge in [-0.05, 0) is 44.5 Å². The summed E-state index contributed by atoms with van der Waals surface area (Å²) in [4.78, 5) is 2.57. The third kappa shape index (κ3) is 3.85. The minimum atomic E-state index is -3.46. The predicted octanol–water partition coefficient (Wildman–Crippen LogP) is 0.494. The molecule has 7 heteroatoms. The lowest BCUT2D eigenvalue weighted by Crippen LogP contribution is -2.43. The first-order chi connectivity index (χ1) is 9.76. The molecule has 120 valence electrons. The molecule has 6 nitrogen and oxygen atoms in total. The van der Waals surface area contributed by atoms with Crippen LogP contribution in [0.4, 0.5) is 0 Å². The van der Waals surface area contributed by atoms with E-state index in [1.807, 2.05) is 0 Å². The van der Waals surface area contributed by atoms with Gasteiger partial charge in [-0.1, -0.05) is 6.92 Å². The summed E-state index contributed by atoms with van der Waals surface area (Å²) in [6.07, 6.45) is 3.63. The zero-order chi connectivity index (χ0) is 15.7. The van der Waals surface area contributed by atoms with Crippen molar-refractivity contribution in [3.8, 4) is 0 Å². The molecule has 0 aromatic carbocycles. The second-order valence-electron chi connectivity index (χ2n) is 6.42. The summed E-state index contributed by atoms with van der Waals surface area (Å²) in [7, 11) is 0.441. The van der Waals surface area contributed by atoms with Crippen LogP contribution in [-0.4, -0.2) is 44.6 Å². The standard InChI is InChI=1S/C14H26N4O2S/c1-14(4-6-17(2)7-5-14)11-16-21(19,20)13-8-12(9-15)18(3)10-13/h8,10,16H,4-7,9,11,15H2,1-3H3. The van der Waals surface area contributed by atoms with Crippen LogP contribution in [0.5, 0.6) is 0 Å². The highest BCUT2D eigenvalue weighted by molar-refractivity contribution is 7.89. The summed E-state index contributed by atoms with van der Waals surface area (Å²) in [5.41, 5.74) is 6.43. The van der Waals surface area contributed by atoms with E-state index in [4.69, 9.17) is 5.73 Å². The van der Waals surface area contributed by atoms with Gasteiger partial charge < -0.3 is 15.2 Å². The fourth-order valence-corrected chi connectivity index (χ4v) is 3.91. The van der Waals surface area contributed by atoms with E-state index in [1.54, 1.807) is 23.9 Å². The molecule has 2 heterocycles. The average Bonchev–Trinajstić information content (AvgIpc) is 2.83. The van der Waals surface area contributed by atoms with E-state index >= 15 is 0 Å². The number of hydrogen-bond donors (Lipinski definition) is 2. The number of aryl methyl sites for hydroxylation is 1. The van der Waals surface area contributed by atoms with Crippen LogP contribution in [0, 0.1) is 5.41 Å². The SMILES string of the molecule is CN1CCC(C)(CNS(=O)(=O)c2cc(CN)n(C)c2)CC1. The summed E-state index contributed by atoms with van der Waals surface area (Å²) in [6, 6.07) is 1.64. The number of rotatable bonds is 5. The van der Waals surface area contributed by atoms with Crippen LogP contribution in [0.1, 0.15) is 25.5 Å². The summed E-state index contributed by atoms with van der Waals surface area (Å²) in [5.74, 6) is 0. The predicted molar refractivity (Wildman–Crippen MR) is 83.3 cm³/mol. The Morgan fingerprint density at radius 2 is 1.95 bits per heavy atom. The zero-order valence-corrected chi connectivity index (χ0v) is 13.9. The minimum absolute atomic E-state index is 0.0328. The van der Waals surface area contributed by atoms with Crippen molar-refractivity contribution in [2.24, 2.45) is 18.2 Å². The van der Waals surface area contributed by atoms with Gasteiger partial charge in [0, 0.05) is 32.0 Å². The van der Waals surface area contributed by atoms with E-state index < -0.39 is 10.0 Å². The molecule has 2 rings (SSSR count). The Bertz CT molecular complexity index is 586. The third-order valence-electron chi connectivity index (χ3n) is 4.49. The van der Waals surface area contributed by atoms with Crippen LogP contribution in [-0.2, 0) is 23.6 Å². The number of aromatic nitrogens is 1. The number of sulfonamides is 1. The van der Waals surface area contributed by atoms with Gasteiger partial charge in [0.15, 0.2) is 0 Å². The van der Waals surface area contributed by atoms with E-state index in [-0.39, 0.29) is 5.41 Å². The monoisotopic (exact) mass is 314 g/mol. The first kappa shape index (κ1) is 16.5. The molecule has 0 bridgehead atoms. The Kier molecular flexibility index (Phi) is 4.77. The lowest BCUT2D eigenvalue weighted by Gasteiger charge is -2.37. The Balaban J connectivity index is 2.04. The van der Waals surface area contributed by atoms with E-state index in [1.165, 1.54) is 0 Å². The maximum Gasteiger partial charge on any atom is 0.242 e. The maximum absolute atomic E-state index is 12.4. The van der Waals surface area contributed by atoms with Crippen molar-refractivity contribution >= 4 is 10.0 Å². The Hall–Kier alpha value is -0.890. The molecule has 1 saturated heterocycles. The molecular weight excluding hydrogens is 288 g/mol. The number of nitrogens with two attached hydrogens (primary N) is 1. The summed E-state index contributed by atoms with van der Waals surface area (Å²) < 4.78 is 29.3. The van der Waals surface area contributed by atoms with Gasteiger partial charge in [0.05, 0.1) is 4.90 Å². The van der Waals surface area contributed by atoms with Crippen LogP contribution in [0.3, 0.4) is 0 Å². The molecule has 1 aromatic heterocycles. The molecule has 0 saturated carbocycles. The lowest BCUT2D eigenvalue weighted by atomic mass is 9.81. The number of likely N-dealkylation sites (tertiary alicyclic amines) is 1. The van der Waals surface area contributed by atoms with Gasteiger partial charge in [-0.15, -0.1) is 0 Å². The van der Waals surface area contributed by atoms with Crippen LogP contribution in [0.25, 0.3) is 0 Å². The van der Waals surface area contributed by atoms with E-state index in [0.29, 0.717) is 18.0 Å². The fraction of sp³-hybridized carbons (Fsp3) is 0.714. The van der Waals surface area contributed by atoms with Crippen LogP contribution in [0.15, 0.2) is 17.2 Å². The zero-order valence-electron chi connectivity index (χ0n) is 13.1. The number of piperidine rings is 1. The fourth-order valence-electron chi connectivity index (χ4n) is 2.61. The minimum Gasteiger partial charge on any atom is -0.352 e.